The van der Waals surface area contributed by atoms with Gasteiger partial charge in [-0.05, 0) is 43.5 Å². The van der Waals surface area contributed by atoms with E-state index in [-0.39, 0.29) is 5.91 Å². The molecule has 6 heteroatoms. The first kappa shape index (κ1) is 17.1. The number of hydrogen-bond acceptors (Lipinski definition) is 4. The van der Waals surface area contributed by atoms with Gasteiger partial charge in [0.25, 0.3) is 0 Å². The van der Waals surface area contributed by atoms with Crippen LogP contribution in [0.4, 0.5) is 5.82 Å². The van der Waals surface area contributed by atoms with Crippen LogP contribution in [0.15, 0.2) is 36.8 Å². The fraction of sp³-hybridized carbons (Fsp3) is 0.471. The SMILES string of the molecule is NCCCCCCC(=O)Nc1ccn(CCc2ccncc2)n1. The Morgan fingerprint density at radius 1 is 1.13 bits per heavy atom. The summed E-state index contributed by atoms with van der Waals surface area (Å²) in [5, 5.41) is 7.22. The molecule has 0 spiro atoms. The van der Waals surface area contributed by atoms with Gasteiger partial charge in [0, 0.05) is 37.6 Å². The van der Waals surface area contributed by atoms with Gasteiger partial charge in [0.05, 0.1) is 0 Å². The standard InChI is InChI=1S/C17H25N5O/c18-10-4-2-1-3-5-17(23)20-16-9-14-22(21-16)13-8-15-6-11-19-12-7-15/h6-7,9,11-12,14H,1-5,8,10,13,18H2,(H,20,21,23). The molecule has 0 unspecified atom stereocenters. The number of anilines is 1. The normalized spacial score (nSPS) is 10.7. The molecular formula is C17H25N5O. The van der Waals surface area contributed by atoms with Gasteiger partial charge in [-0.25, -0.2) is 0 Å². The highest BCUT2D eigenvalue weighted by Crippen LogP contribution is 2.07. The van der Waals surface area contributed by atoms with E-state index in [9.17, 15) is 4.79 Å². The summed E-state index contributed by atoms with van der Waals surface area (Å²) in [6.07, 6.45) is 11.0. The molecule has 0 aliphatic rings. The summed E-state index contributed by atoms with van der Waals surface area (Å²) in [7, 11) is 0. The first-order valence-electron chi connectivity index (χ1n) is 8.20. The van der Waals surface area contributed by atoms with Crippen molar-refractivity contribution >= 4 is 11.7 Å². The highest BCUT2D eigenvalue weighted by atomic mass is 16.1. The predicted molar refractivity (Wildman–Crippen MR) is 90.9 cm³/mol. The first-order valence-corrected chi connectivity index (χ1v) is 8.20. The zero-order valence-corrected chi connectivity index (χ0v) is 13.4. The number of unbranched alkanes of at least 4 members (excludes halogenated alkanes) is 3. The molecule has 0 bridgehead atoms. The summed E-state index contributed by atoms with van der Waals surface area (Å²) in [4.78, 5) is 15.8. The average Bonchev–Trinajstić information content (AvgIpc) is 3.01. The first-order chi connectivity index (χ1) is 11.3. The van der Waals surface area contributed by atoms with Gasteiger partial charge in [-0.15, -0.1) is 0 Å². The second-order valence-electron chi connectivity index (χ2n) is 5.57. The fourth-order valence-electron chi connectivity index (χ4n) is 2.33. The highest BCUT2D eigenvalue weighted by molar-refractivity contribution is 5.89. The Balaban J connectivity index is 1.68. The van der Waals surface area contributed by atoms with Gasteiger partial charge in [0.15, 0.2) is 5.82 Å². The van der Waals surface area contributed by atoms with Crippen molar-refractivity contribution in [2.45, 2.75) is 45.1 Å². The van der Waals surface area contributed by atoms with Crippen molar-refractivity contribution in [2.24, 2.45) is 5.73 Å². The monoisotopic (exact) mass is 315 g/mol. The predicted octanol–water partition coefficient (Wildman–Crippen LogP) is 2.37. The molecule has 0 radical (unpaired) electrons. The Bertz CT molecular complexity index is 582. The van der Waals surface area contributed by atoms with Gasteiger partial charge in [-0.2, -0.15) is 5.10 Å². The van der Waals surface area contributed by atoms with Crippen molar-refractivity contribution in [1.29, 1.82) is 0 Å². The lowest BCUT2D eigenvalue weighted by molar-refractivity contribution is -0.116. The van der Waals surface area contributed by atoms with E-state index in [1.807, 2.05) is 29.1 Å². The zero-order valence-electron chi connectivity index (χ0n) is 13.4. The lowest BCUT2D eigenvalue weighted by atomic mass is 10.1. The zero-order chi connectivity index (χ0) is 16.3. The summed E-state index contributed by atoms with van der Waals surface area (Å²) >= 11 is 0. The lowest BCUT2D eigenvalue weighted by Crippen LogP contribution is -2.12. The van der Waals surface area contributed by atoms with Crippen LogP contribution in [0.1, 0.15) is 37.7 Å². The number of aromatic nitrogens is 3. The summed E-state index contributed by atoms with van der Waals surface area (Å²) in [5.41, 5.74) is 6.66. The third kappa shape index (κ3) is 6.61. The summed E-state index contributed by atoms with van der Waals surface area (Å²) in [6, 6.07) is 5.83. The number of pyridine rings is 1. The van der Waals surface area contributed by atoms with Gasteiger partial charge in [-0.3, -0.25) is 14.5 Å². The number of amides is 1. The van der Waals surface area contributed by atoms with E-state index >= 15 is 0 Å². The molecule has 0 aromatic carbocycles. The number of carbonyl (C=O) groups is 1. The van der Waals surface area contributed by atoms with Crippen LogP contribution in [0, 0.1) is 0 Å². The number of nitrogens with zero attached hydrogens (tertiary/aromatic N) is 3. The molecule has 1 amide bonds. The quantitative estimate of drug-likeness (QED) is 0.659. The van der Waals surface area contributed by atoms with Crippen molar-refractivity contribution in [2.75, 3.05) is 11.9 Å². The molecule has 2 aromatic heterocycles. The number of carbonyl (C=O) groups excluding carboxylic acids is 1. The largest absolute Gasteiger partial charge is 0.330 e. The number of nitrogens with one attached hydrogen (secondary N) is 1. The highest BCUT2D eigenvalue weighted by Gasteiger charge is 2.05. The minimum atomic E-state index is 0.0251. The molecule has 3 N–H and O–H groups in total. The Morgan fingerprint density at radius 3 is 2.70 bits per heavy atom. The molecule has 2 heterocycles. The van der Waals surface area contributed by atoms with E-state index in [1.165, 1.54) is 5.56 Å². The van der Waals surface area contributed by atoms with Gasteiger partial charge in [0.2, 0.25) is 5.91 Å². The van der Waals surface area contributed by atoms with Crippen LogP contribution in [0.3, 0.4) is 0 Å². The van der Waals surface area contributed by atoms with E-state index in [4.69, 9.17) is 5.73 Å². The van der Waals surface area contributed by atoms with Crippen molar-refractivity contribution < 1.29 is 4.79 Å². The maximum atomic E-state index is 11.8. The van der Waals surface area contributed by atoms with Gasteiger partial charge >= 0.3 is 0 Å². The second-order valence-corrected chi connectivity index (χ2v) is 5.57. The lowest BCUT2D eigenvalue weighted by Gasteiger charge is -2.03. The van der Waals surface area contributed by atoms with E-state index in [0.717, 1.165) is 45.2 Å². The number of nitrogens with two attached hydrogens (primary N) is 1. The Morgan fingerprint density at radius 2 is 1.91 bits per heavy atom. The number of hydrogen-bond donors (Lipinski definition) is 2. The Hall–Kier alpha value is -2.21. The topological polar surface area (TPSA) is 85.8 Å². The van der Waals surface area contributed by atoms with Gasteiger partial charge < -0.3 is 11.1 Å². The molecule has 0 saturated carbocycles. The van der Waals surface area contributed by atoms with Gasteiger partial charge in [-0.1, -0.05) is 12.8 Å². The van der Waals surface area contributed by atoms with Crippen LogP contribution < -0.4 is 11.1 Å². The van der Waals surface area contributed by atoms with Crippen molar-refractivity contribution in [3.8, 4) is 0 Å². The molecule has 0 atom stereocenters. The van der Waals surface area contributed by atoms with Crippen molar-refractivity contribution in [1.82, 2.24) is 14.8 Å². The Kier molecular flexibility index (Phi) is 7.26. The van der Waals surface area contributed by atoms with Crippen LogP contribution in [-0.4, -0.2) is 27.2 Å². The molecule has 23 heavy (non-hydrogen) atoms. The van der Waals surface area contributed by atoms with Crippen molar-refractivity contribution in [3.05, 3.63) is 42.4 Å². The van der Waals surface area contributed by atoms with Crippen molar-refractivity contribution in [3.63, 3.8) is 0 Å². The number of rotatable bonds is 10. The van der Waals surface area contributed by atoms with E-state index in [1.54, 1.807) is 12.4 Å². The molecule has 2 aromatic rings. The summed E-state index contributed by atoms with van der Waals surface area (Å²) in [6.45, 7) is 1.50. The van der Waals surface area contributed by atoms with Crippen LogP contribution in [0.25, 0.3) is 0 Å². The third-order valence-electron chi connectivity index (χ3n) is 3.65. The molecular weight excluding hydrogens is 290 g/mol. The van der Waals surface area contributed by atoms with Crippen LogP contribution in [0.2, 0.25) is 0 Å². The van der Waals surface area contributed by atoms with Crippen LogP contribution in [0.5, 0.6) is 0 Å². The molecule has 0 saturated heterocycles. The molecule has 6 nitrogen and oxygen atoms in total. The fourth-order valence-corrected chi connectivity index (χ4v) is 2.33. The molecule has 0 aliphatic carbocycles. The van der Waals surface area contributed by atoms with E-state index < -0.39 is 0 Å². The third-order valence-corrected chi connectivity index (χ3v) is 3.65. The maximum Gasteiger partial charge on any atom is 0.225 e. The second kappa shape index (κ2) is 9.74. The maximum absolute atomic E-state index is 11.8. The van der Waals surface area contributed by atoms with E-state index in [2.05, 4.69) is 15.4 Å². The number of aryl methyl sites for hydroxylation is 2. The van der Waals surface area contributed by atoms with Crippen LogP contribution >= 0.6 is 0 Å². The molecule has 0 fully saturated rings. The molecule has 0 aliphatic heterocycles. The minimum absolute atomic E-state index is 0.0251. The summed E-state index contributed by atoms with van der Waals surface area (Å²) in [5.74, 6) is 0.642. The van der Waals surface area contributed by atoms with Gasteiger partial charge in [0.1, 0.15) is 0 Å². The summed E-state index contributed by atoms with van der Waals surface area (Å²) < 4.78 is 1.84. The minimum Gasteiger partial charge on any atom is -0.330 e. The Labute approximate surface area is 137 Å². The van der Waals surface area contributed by atoms with Crippen LogP contribution in [-0.2, 0) is 17.8 Å². The molecule has 2 rings (SSSR count). The van der Waals surface area contributed by atoms with E-state index in [0.29, 0.717) is 12.2 Å². The smallest absolute Gasteiger partial charge is 0.225 e. The average molecular weight is 315 g/mol. The molecule has 124 valence electrons.